The van der Waals surface area contributed by atoms with E-state index in [1.807, 2.05) is 42.9 Å². The summed E-state index contributed by atoms with van der Waals surface area (Å²) < 4.78 is 7.45. The zero-order valence-electron chi connectivity index (χ0n) is 15.0. The van der Waals surface area contributed by atoms with Crippen molar-refractivity contribution in [3.8, 4) is 10.6 Å². The van der Waals surface area contributed by atoms with Crippen molar-refractivity contribution in [1.29, 1.82) is 0 Å². The van der Waals surface area contributed by atoms with Crippen molar-refractivity contribution in [2.75, 3.05) is 0 Å². The van der Waals surface area contributed by atoms with E-state index in [-0.39, 0.29) is 12.6 Å². The molecule has 1 aliphatic rings. The molecule has 140 valence electrons. The van der Waals surface area contributed by atoms with Crippen LogP contribution >= 0.6 is 22.9 Å². The molecule has 3 aromatic rings. The van der Waals surface area contributed by atoms with Gasteiger partial charge in [0.15, 0.2) is 0 Å². The second kappa shape index (κ2) is 7.44. The fourth-order valence-electron chi connectivity index (χ4n) is 3.67. The minimum atomic E-state index is -0.563. The highest BCUT2D eigenvalue weighted by Gasteiger charge is 2.44. The molecule has 5 nitrogen and oxygen atoms in total. The second-order valence-corrected chi connectivity index (χ2v) is 8.21. The Morgan fingerprint density at radius 1 is 1.30 bits per heavy atom. The summed E-state index contributed by atoms with van der Waals surface area (Å²) in [5.74, 6) is -0.168. The summed E-state index contributed by atoms with van der Waals surface area (Å²) in [7, 11) is 1.87. The number of carbonyl (C=O) groups is 1. The third kappa shape index (κ3) is 3.64. The molecule has 4 rings (SSSR count). The third-order valence-corrected chi connectivity index (χ3v) is 6.29. The van der Waals surface area contributed by atoms with Gasteiger partial charge in [-0.2, -0.15) is 5.10 Å². The Morgan fingerprint density at radius 2 is 2.04 bits per heavy atom. The Bertz CT molecular complexity index is 942. The van der Waals surface area contributed by atoms with E-state index in [1.54, 1.807) is 10.9 Å². The van der Waals surface area contributed by atoms with Crippen LogP contribution in [0.1, 0.15) is 36.9 Å². The van der Waals surface area contributed by atoms with Crippen molar-refractivity contribution in [3.63, 3.8) is 0 Å². The highest BCUT2D eigenvalue weighted by Crippen LogP contribution is 2.42. The molecule has 0 radical (unpaired) electrons. The summed E-state index contributed by atoms with van der Waals surface area (Å²) in [6.07, 6.45) is 7.38. The predicted molar refractivity (Wildman–Crippen MR) is 106 cm³/mol. The molecular weight excluding hydrogens is 382 g/mol. The summed E-state index contributed by atoms with van der Waals surface area (Å²) in [5.41, 5.74) is 2.15. The summed E-state index contributed by atoms with van der Waals surface area (Å²) in [5, 5.41) is 7.65. The van der Waals surface area contributed by atoms with Crippen molar-refractivity contribution in [3.05, 3.63) is 58.3 Å². The SMILES string of the molecule is Cn1cc(-c2nc(COC(=O)C3(c4ccc(Cl)cc4)CCCC3)cs2)cn1. The fourth-order valence-corrected chi connectivity index (χ4v) is 4.58. The van der Waals surface area contributed by atoms with E-state index in [9.17, 15) is 4.79 Å². The number of hydrogen-bond acceptors (Lipinski definition) is 5. The van der Waals surface area contributed by atoms with E-state index >= 15 is 0 Å². The molecule has 0 amide bonds. The first-order chi connectivity index (χ1) is 13.1. The molecule has 0 N–H and O–H groups in total. The van der Waals surface area contributed by atoms with Crippen molar-refractivity contribution >= 4 is 28.9 Å². The molecule has 2 heterocycles. The summed E-state index contributed by atoms with van der Waals surface area (Å²) in [6.45, 7) is 0.185. The normalized spacial score (nSPS) is 15.8. The van der Waals surface area contributed by atoms with Gasteiger partial charge in [-0.1, -0.05) is 36.6 Å². The van der Waals surface area contributed by atoms with Crippen molar-refractivity contribution in [2.45, 2.75) is 37.7 Å². The van der Waals surface area contributed by atoms with E-state index in [0.717, 1.165) is 47.5 Å². The highest BCUT2D eigenvalue weighted by atomic mass is 35.5. The Hall–Kier alpha value is -2.18. The fraction of sp³-hybridized carbons (Fsp3) is 0.350. The number of ether oxygens (including phenoxy) is 1. The number of hydrogen-bond donors (Lipinski definition) is 0. The van der Waals surface area contributed by atoms with Crippen molar-refractivity contribution < 1.29 is 9.53 Å². The van der Waals surface area contributed by atoms with Crippen LogP contribution in [0, 0.1) is 0 Å². The predicted octanol–water partition coefficient (Wildman–Crippen LogP) is 4.75. The quantitative estimate of drug-likeness (QED) is 0.579. The maximum Gasteiger partial charge on any atom is 0.316 e. The monoisotopic (exact) mass is 401 g/mol. The number of aromatic nitrogens is 3. The van der Waals surface area contributed by atoms with Gasteiger partial charge >= 0.3 is 5.97 Å². The number of halogens is 1. The topological polar surface area (TPSA) is 57.0 Å². The molecule has 0 unspecified atom stereocenters. The van der Waals surface area contributed by atoms with E-state index < -0.39 is 5.41 Å². The lowest BCUT2D eigenvalue weighted by Crippen LogP contribution is -2.34. The van der Waals surface area contributed by atoms with Gasteiger partial charge in [-0.05, 0) is 30.5 Å². The van der Waals surface area contributed by atoms with Crippen LogP contribution in [0.5, 0.6) is 0 Å². The zero-order valence-corrected chi connectivity index (χ0v) is 16.6. The van der Waals surface area contributed by atoms with Gasteiger partial charge in [0.05, 0.1) is 17.3 Å². The average molecular weight is 402 g/mol. The van der Waals surface area contributed by atoms with Gasteiger partial charge in [0.1, 0.15) is 11.6 Å². The highest BCUT2D eigenvalue weighted by molar-refractivity contribution is 7.13. The zero-order chi connectivity index (χ0) is 18.9. The van der Waals surface area contributed by atoms with Gasteiger partial charge in [0.25, 0.3) is 0 Å². The second-order valence-electron chi connectivity index (χ2n) is 6.92. The average Bonchev–Trinajstić information content (AvgIpc) is 3.41. The molecule has 1 aliphatic carbocycles. The molecule has 0 spiro atoms. The van der Waals surface area contributed by atoms with Crippen molar-refractivity contribution in [2.24, 2.45) is 7.05 Å². The summed E-state index contributed by atoms with van der Waals surface area (Å²) >= 11 is 7.54. The molecule has 1 fully saturated rings. The van der Waals surface area contributed by atoms with Crippen LogP contribution in [0.4, 0.5) is 0 Å². The Morgan fingerprint density at radius 3 is 2.70 bits per heavy atom. The minimum absolute atomic E-state index is 0.168. The lowest BCUT2D eigenvalue weighted by Gasteiger charge is -2.27. The van der Waals surface area contributed by atoms with E-state index in [1.165, 1.54) is 11.3 Å². The number of thiazole rings is 1. The minimum Gasteiger partial charge on any atom is -0.458 e. The van der Waals surface area contributed by atoms with Crippen LogP contribution in [0.15, 0.2) is 42.0 Å². The molecule has 1 aromatic carbocycles. The number of aryl methyl sites for hydroxylation is 1. The Balaban J connectivity index is 1.48. The van der Waals surface area contributed by atoms with Gasteiger partial charge in [-0.15, -0.1) is 11.3 Å². The number of carbonyl (C=O) groups excluding carboxylic acids is 1. The van der Waals surface area contributed by atoms with Gasteiger partial charge in [0, 0.05) is 29.2 Å². The molecule has 0 bridgehead atoms. The standard InChI is InChI=1S/C20H20ClN3O2S/c1-24-11-14(10-22-24)18-23-17(13-27-18)12-26-19(25)20(8-2-3-9-20)15-4-6-16(21)7-5-15/h4-7,10-11,13H,2-3,8-9,12H2,1H3. The third-order valence-electron chi connectivity index (χ3n) is 5.10. The lowest BCUT2D eigenvalue weighted by atomic mass is 9.79. The molecule has 7 heteroatoms. The largest absolute Gasteiger partial charge is 0.458 e. The maximum atomic E-state index is 13.0. The first-order valence-corrected chi connectivity index (χ1v) is 10.2. The molecule has 2 aromatic heterocycles. The number of benzene rings is 1. The summed E-state index contributed by atoms with van der Waals surface area (Å²) in [4.78, 5) is 17.6. The Kier molecular flexibility index (Phi) is 5.02. The van der Waals surface area contributed by atoms with Crippen LogP contribution in [0.2, 0.25) is 5.02 Å². The van der Waals surface area contributed by atoms with Gasteiger partial charge < -0.3 is 4.74 Å². The molecule has 27 heavy (non-hydrogen) atoms. The number of rotatable bonds is 5. The first-order valence-electron chi connectivity index (χ1n) is 8.93. The van der Waals surface area contributed by atoms with Crippen LogP contribution in [-0.2, 0) is 28.6 Å². The molecular formula is C20H20ClN3O2S. The van der Waals surface area contributed by atoms with Gasteiger partial charge in [-0.3, -0.25) is 9.48 Å². The van der Waals surface area contributed by atoms with E-state index in [2.05, 4.69) is 10.1 Å². The number of nitrogens with zero attached hydrogens (tertiary/aromatic N) is 3. The van der Waals surface area contributed by atoms with Crippen LogP contribution in [0.25, 0.3) is 10.6 Å². The molecule has 0 aliphatic heterocycles. The smallest absolute Gasteiger partial charge is 0.316 e. The van der Waals surface area contributed by atoms with Crippen LogP contribution < -0.4 is 0 Å². The molecule has 0 saturated heterocycles. The van der Waals surface area contributed by atoms with E-state index in [0.29, 0.717) is 5.02 Å². The molecule has 0 atom stereocenters. The van der Waals surface area contributed by atoms with E-state index in [4.69, 9.17) is 16.3 Å². The molecule has 1 saturated carbocycles. The van der Waals surface area contributed by atoms with Crippen molar-refractivity contribution in [1.82, 2.24) is 14.8 Å². The first kappa shape index (κ1) is 18.2. The van der Waals surface area contributed by atoms with Gasteiger partial charge in [-0.25, -0.2) is 4.98 Å². The lowest BCUT2D eigenvalue weighted by molar-refractivity contribution is -0.152. The van der Waals surface area contributed by atoms with Crippen LogP contribution in [0.3, 0.4) is 0 Å². The van der Waals surface area contributed by atoms with Gasteiger partial charge in [0.2, 0.25) is 0 Å². The summed E-state index contributed by atoms with van der Waals surface area (Å²) in [6, 6.07) is 7.56. The number of esters is 1. The maximum absolute atomic E-state index is 13.0. The Labute approximate surface area is 167 Å². The van der Waals surface area contributed by atoms with Crippen LogP contribution in [-0.4, -0.2) is 20.7 Å².